The van der Waals surface area contributed by atoms with Crippen molar-refractivity contribution >= 4 is 33.4 Å². The molecule has 0 unspecified atom stereocenters. The molecule has 3 rings (SSSR count). The van der Waals surface area contributed by atoms with E-state index in [1.807, 2.05) is 0 Å². The van der Waals surface area contributed by atoms with E-state index in [1.165, 1.54) is 32.6 Å². The van der Waals surface area contributed by atoms with Crippen molar-refractivity contribution in [3.05, 3.63) is 42.1 Å². The van der Waals surface area contributed by atoms with Gasteiger partial charge in [-0.2, -0.15) is 0 Å². The molecule has 29 heavy (non-hydrogen) atoms. The number of hydrogen-bond donors (Lipinski definition) is 1. The van der Waals surface area contributed by atoms with E-state index in [0.717, 1.165) is 0 Å². The normalized spacial score (nSPS) is 16.8. The summed E-state index contributed by atoms with van der Waals surface area (Å²) in [5.41, 5.74) is 0.551. The second kappa shape index (κ2) is 8.35. The summed E-state index contributed by atoms with van der Waals surface area (Å²) in [7, 11) is -0.520. The third-order valence-electron chi connectivity index (χ3n) is 4.07. The third kappa shape index (κ3) is 4.93. The Kier molecular flexibility index (Phi) is 5.87. The van der Waals surface area contributed by atoms with Crippen LogP contribution >= 0.6 is 0 Å². The van der Waals surface area contributed by atoms with Crippen LogP contribution in [0, 0.1) is 0 Å². The quantitative estimate of drug-likeness (QED) is 0.665. The van der Waals surface area contributed by atoms with Crippen molar-refractivity contribution in [3.8, 4) is 11.5 Å². The predicted molar refractivity (Wildman–Crippen MR) is 104 cm³/mol. The lowest BCUT2D eigenvalue weighted by atomic mass is 10.2. The maximum absolute atomic E-state index is 12.2. The molecule has 0 atom stereocenters. The molecule has 154 valence electrons. The summed E-state index contributed by atoms with van der Waals surface area (Å²) < 4.78 is 42.0. The fourth-order valence-electron chi connectivity index (χ4n) is 2.63. The average Bonchev–Trinajstić information content (AvgIpc) is 2.70. The van der Waals surface area contributed by atoms with Crippen LogP contribution in [0.1, 0.15) is 0 Å². The molecule has 0 saturated carbocycles. The van der Waals surface area contributed by atoms with Gasteiger partial charge in [0.1, 0.15) is 17.3 Å². The van der Waals surface area contributed by atoms with Gasteiger partial charge < -0.3 is 24.4 Å². The van der Waals surface area contributed by atoms with Crippen LogP contribution in [-0.2, 0) is 24.3 Å². The largest absolute Gasteiger partial charge is 0.497 e. The maximum Gasteiger partial charge on any atom is 0.340 e. The molecular formula is C18H19N3O7S. The highest BCUT2D eigenvalue weighted by Gasteiger charge is 2.25. The molecule has 0 aromatic heterocycles. The van der Waals surface area contributed by atoms with Crippen LogP contribution in [0.4, 0.5) is 5.69 Å². The van der Waals surface area contributed by atoms with E-state index in [0.29, 0.717) is 17.2 Å². The summed E-state index contributed by atoms with van der Waals surface area (Å²) >= 11 is 0. The number of esters is 1. The SMILES string of the molecule is COc1ccc(OC)c(NC(=O)COC(=O)C2=CN3CCS(=O)(=O)N=C3C=C2)c1. The molecule has 1 aromatic rings. The van der Waals surface area contributed by atoms with Gasteiger partial charge in [-0.15, -0.1) is 4.40 Å². The van der Waals surface area contributed by atoms with Gasteiger partial charge in [-0.25, -0.2) is 13.2 Å². The van der Waals surface area contributed by atoms with Gasteiger partial charge in [0.2, 0.25) is 0 Å². The number of carbonyl (C=O) groups excluding carboxylic acids is 2. The first-order valence-electron chi connectivity index (χ1n) is 8.49. The molecule has 1 N–H and O–H groups in total. The van der Waals surface area contributed by atoms with Gasteiger partial charge in [0, 0.05) is 18.8 Å². The van der Waals surface area contributed by atoms with Crippen LogP contribution in [-0.4, -0.2) is 64.2 Å². The second-order valence-electron chi connectivity index (χ2n) is 6.04. The van der Waals surface area contributed by atoms with Crippen molar-refractivity contribution in [1.29, 1.82) is 0 Å². The van der Waals surface area contributed by atoms with Crippen LogP contribution in [0.25, 0.3) is 0 Å². The van der Waals surface area contributed by atoms with Gasteiger partial charge in [0.25, 0.3) is 15.9 Å². The Hall–Kier alpha value is -3.34. The zero-order valence-electron chi connectivity index (χ0n) is 15.7. The summed E-state index contributed by atoms with van der Waals surface area (Å²) in [5.74, 6) is -0.242. The Morgan fingerprint density at radius 3 is 2.72 bits per heavy atom. The van der Waals surface area contributed by atoms with Gasteiger partial charge in [-0.1, -0.05) is 0 Å². The first kappa shape index (κ1) is 20.4. The lowest BCUT2D eigenvalue weighted by Gasteiger charge is -2.26. The Morgan fingerprint density at radius 1 is 1.21 bits per heavy atom. The van der Waals surface area contributed by atoms with Gasteiger partial charge in [-0.05, 0) is 24.3 Å². The van der Waals surface area contributed by atoms with Crippen LogP contribution < -0.4 is 14.8 Å². The summed E-state index contributed by atoms with van der Waals surface area (Å²) in [4.78, 5) is 25.9. The van der Waals surface area contributed by atoms with Crippen molar-refractivity contribution in [2.45, 2.75) is 0 Å². The van der Waals surface area contributed by atoms with Crippen molar-refractivity contribution in [1.82, 2.24) is 4.90 Å². The van der Waals surface area contributed by atoms with E-state index in [1.54, 1.807) is 23.1 Å². The molecule has 10 nitrogen and oxygen atoms in total. The molecule has 1 aromatic carbocycles. The number of amides is 1. The molecule has 2 aliphatic heterocycles. The number of methoxy groups -OCH3 is 2. The smallest absolute Gasteiger partial charge is 0.340 e. The number of sulfonamides is 1. The molecule has 0 radical (unpaired) electrons. The Bertz CT molecular complexity index is 1030. The molecule has 0 spiro atoms. The van der Waals surface area contributed by atoms with Crippen molar-refractivity contribution in [2.24, 2.45) is 4.40 Å². The fourth-order valence-corrected chi connectivity index (χ4v) is 3.60. The Balaban J connectivity index is 1.60. The predicted octanol–water partition coefficient (Wildman–Crippen LogP) is 0.683. The van der Waals surface area contributed by atoms with Crippen molar-refractivity contribution in [2.75, 3.05) is 38.4 Å². The second-order valence-corrected chi connectivity index (χ2v) is 7.79. The minimum Gasteiger partial charge on any atom is -0.497 e. The number of carbonyl (C=O) groups is 2. The van der Waals surface area contributed by atoms with Gasteiger partial charge in [-0.3, -0.25) is 4.79 Å². The molecule has 0 aliphatic carbocycles. The number of benzene rings is 1. The number of fused-ring (bicyclic) bond motifs is 1. The lowest BCUT2D eigenvalue weighted by Crippen LogP contribution is -2.37. The third-order valence-corrected chi connectivity index (χ3v) is 5.24. The van der Waals surface area contributed by atoms with Crippen LogP contribution in [0.3, 0.4) is 0 Å². The topological polar surface area (TPSA) is 124 Å². The van der Waals surface area contributed by atoms with E-state index < -0.39 is 28.5 Å². The van der Waals surface area contributed by atoms with Crippen molar-refractivity contribution in [3.63, 3.8) is 0 Å². The average molecular weight is 421 g/mol. The number of rotatable bonds is 6. The lowest BCUT2D eigenvalue weighted by molar-refractivity contribution is -0.143. The summed E-state index contributed by atoms with van der Waals surface area (Å²) in [6, 6.07) is 4.89. The molecule has 2 aliphatic rings. The first-order valence-corrected chi connectivity index (χ1v) is 10.1. The van der Waals surface area contributed by atoms with Crippen LogP contribution in [0.5, 0.6) is 11.5 Å². The molecule has 0 fully saturated rings. The zero-order chi connectivity index (χ0) is 21.0. The van der Waals surface area contributed by atoms with E-state index >= 15 is 0 Å². The van der Waals surface area contributed by atoms with Gasteiger partial charge in [0.05, 0.1) is 31.2 Å². The molecular weight excluding hydrogens is 402 g/mol. The van der Waals surface area contributed by atoms with Crippen LogP contribution in [0.15, 0.2) is 46.5 Å². The molecule has 0 saturated heterocycles. The summed E-state index contributed by atoms with van der Waals surface area (Å²) in [6.07, 6.45) is 4.24. The molecule has 11 heteroatoms. The highest BCUT2D eigenvalue weighted by atomic mass is 32.2. The zero-order valence-corrected chi connectivity index (χ0v) is 16.6. The first-order chi connectivity index (χ1) is 13.8. The molecule has 2 heterocycles. The fraction of sp³-hybridized carbons (Fsp3) is 0.278. The number of anilines is 1. The van der Waals surface area contributed by atoms with Gasteiger partial charge in [0.15, 0.2) is 6.61 Å². The van der Waals surface area contributed by atoms with Gasteiger partial charge >= 0.3 is 5.97 Å². The minimum atomic E-state index is -3.48. The highest BCUT2D eigenvalue weighted by molar-refractivity contribution is 7.90. The molecule has 1 amide bonds. The van der Waals surface area contributed by atoms with Crippen LogP contribution in [0.2, 0.25) is 0 Å². The Morgan fingerprint density at radius 2 is 2.00 bits per heavy atom. The summed E-state index contributed by atoms with van der Waals surface area (Å²) in [5, 5.41) is 2.59. The minimum absolute atomic E-state index is 0.145. The number of hydrogen-bond acceptors (Lipinski definition) is 8. The maximum atomic E-state index is 12.2. The monoisotopic (exact) mass is 421 g/mol. The molecule has 0 bridgehead atoms. The Labute approximate surface area is 167 Å². The summed E-state index contributed by atoms with van der Waals surface area (Å²) in [6.45, 7) is -0.335. The van der Waals surface area contributed by atoms with E-state index in [9.17, 15) is 18.0 Å². The number of amidine groups is 1. The highest BCUT2D eigenvalue weighted by Crippen LogP contribution is 2.28. The standard InChI is InChI=1S/C18H19N3O7S/c1-26-13-4-5-15(27-2)14(9-13)19-17(22)11-28-18(23)12-3-6-16-20-29(24,25)8-7-21(16)10-12/h3-6,9-10H,7-8,11H2,1-2H3,(H,19,22). The van der Waals surface area contributed by atoms with E-state index in [-0.39, 0.29) is 23.7 Å². The van der Waals surface area contributed by atoms with E-state index in [4.69, 9.17) is 14.2 Å². The van der Waals surface area contributed by atoms with Crippen molar-refractivity contribution < 1.29 is 32.2 Å². The number of nitrogens with zero attached hydrogens (tertiary/aromatic N) is 2. The number of nitrogens with one attached hydrogen (secondary N) is 1. The van der Waals surface area contributed by atoms with E-state index in [2.05, 4.69) is 9.71 Å². The number of ether oxygens (including phenoxy) is 3.